The summed E-state index contributed by atoms with van der Waals surface area (Å²) in [5.41, 5.74) is 5.09. The Kier molecular flexibility index (Phi) is 2.24. The number of benzene rings is 2. The lowest BCUT2D eigenvalue weighted by molar-refractivity contribution is 0.180. The molecule has 2 aromatic carbocycles. The average molecular weight is 251 g/mol. The van der Waals surface area contributed by atoms with E-state index in [9.17, 15) is 5.11 Å². The van der Waals surface area contributed by atoms with Crippen molar-refractivity contribution in [3.05, 3.63) is 47.5 Å². The monoisotopic (exact) mass is 251 g/mol. The zero-order chi connectivity index (χ0) is 13.0. The Hall–Kier alpha value is -1.80. The molecule has 96 valence electrons. The summed E-state index contributed by atoms with van der Waals surface area (Å²) in [5, 5.41) is 12.7. The Morgan fingerprint density at radius 2 is 2.00 bits per heavy atom. The number of hydrogen-bond acceptors (Lipinski definition) is 1. The summed E-state index contributed by atoms with van der Waals surface area (Å²) in [6.45, 7) is 3.17. The molecule has 0 bridgehead atoms. The van der Waals surface area contributed by atoms with Gasteiger partial charge in [0.2, 0.25) is 0 Å². The maximum absolute atomic E-state index is 10.1. The number of rotatable bonds is 1. The SMILES string of the molecule is CCn1c2ccccc2c2c3c(ccc21)[C@@H](O)CC3. The van der Waals surface area contributed by atoms with Crippen LogP contribution in [0.2, 0.25) is 0 Å². The lowest BCUT2D eigenvalue weighted by atomic mass is 10.0. The fourth-order valence-corrected chi connectivity index (χ4v) is 3.59. The van der Waals surface area contributed by atoms with Gasteiger partial charge in [0.05, 0.1) is 6.10 Å². The third kappa shape index (κ3) is 1.35. The summed E-state index contributed by atoms with van der Waals surface area (Å²) in [5.74, 6) is 0. The molecule has 1 aromatic heterocycles. The molecule has 19 heavy (non-hydrogen) atoms. The van der Waals surface area contributed by atoms with Gasteiger partial charge in [0, 0.05) is 28.4 Å². The first-order chi connectivity index (χ1) is 9.31. The van der Waals surface area contributed by atoms with Crippen LogP contribution < -0.4 is 0 Å². The molecule has 0 fully saturated rings. The van der Waals surface area contributed by atoms with Crippen LogP contribution in [0, 0.1) is 0 Å². The van der Waals surface area contributed by atoms with Crippen LogP contribution in [0.5, 0.6) is 0 Å². The molecule has 4 rings (SSSR count). The van der Waals surface area contributed by atoms with E-state index in [1.54, 1.807) is 0 Å². The molecule has 0 saturated carbocycles. The highest BCUT2D eigenvalue weighted by molar-refractivity contribution is 6.10. The van der Waals surface area contributed by atoms with Crippen molar-refractivity contribution in [2.45, 2.75) is 32.4 Å². The summed E-state index contributed by atoms with van der Waals surface area (Å²) in [6.07, 6.45) is 1.58. The minimum Gasteiger partial charge on any atom is -0.388 e. The lowest BCUT2D eigenvalue weighted by Crippen LogP contribution is -1.94. The molecule has 1 atom stereocenters. The van der Waals surface area contributed by atoms with Crippen molar-refractivity contribution >= 4 is 21.8 Å². The predicted molar refractivity (Wildman–Crippen MR) is 78.4 cm³/mol. The molecule has 0 radical (unpaired) electrons. The molecule has 1 N–H and O–H groups in total. The zero-order valence-corrected chi connectivity index (χ0v) is 11.1. The highest BCUT2D eigenvalue weighted by atomic mass is 16.3. The Morgan fingerprint density at radius 1 is 1.16 bits per heavy atom. The number of para-hydroxylation sites is 1. The van der Waals surface area contributed by atoms with Gasteiger partial charge in [-0.05, 0) is 43.0 Å². The van der Waals surface area contributed by atoms with Gasteiger partial charge in [0.15, 0.2) is 0 Å². The van der Waals surface area contributed by atoms with Crippen LogP contribution in [-0.2, 0) is 13.0 Å². The molecule has 0 aliphatic heterocycles. The summed E-state index contributed by atoms with van der Waals surface area (Å²) in [7, 11) is 0. The minimum atomic E-state index is -0.275. The third-order valence-electron chi connectivity index (χ3n) is 4.43. The summed E-state index contributed by atoms with van der Waals surface area (Å²) < 4.78 is 2.37. The Bertz CT molecular complexity index is 785. The van der Waals surface area contributed by atoms with E-state index in [1.165, 1.54) is 27.4 Å². The van der Waals surface area contributed by atoms with Crippen molar-refractivity contribution < 1.29 is 5.11 Å². The second-order valence-corrected chi connectivity index (χ2v) is 5.34. The van der Waals surface area contributed by atoms with Gasteiger partial charge in [-0.3, -0.25) is 0 Å². The number of nitrogens with zero attached hydrogens (tertiary/aromatic N) is 1. The normalized spacial score (nSPS) is 18.3. The van der Waals surface area contributed by atoms with E-state index >= 15 is 0 Å². The molecule has 2 nitrogen and oxygen atoms in total. The van der Waals surface area contributed by atoms with Crippen LogP contribution in [0.4, 0.5) is 0 Å². The summed E-state index contributed by atoms with van der Waals surface area (Å²) in [6, 6.07) is 12.9. The van der Waals surface area contributed by atoms with Gasteiger partial charge in [0.25, 0.3) is 0 Å². The molecule has 1 aliphatic rings. The molecule has 2 heteroatoms. The van der Waals surface area contributed by atoms with Gasteiger partial charge in [-0.1, -0.05) is 24.3 Å². The van der Waals surface area contributed by atoms with E-state index in [0.717, 1.165) is 24.9 Å². The molecule has 1 aliphatic carbocycles. The molecular formula is C17H17NO. The van der Waals surface area contributed by atoms with E-state index in [0.29, 0.717) is 0 Å². The number of aliphatic hydroxyl groups is 1. The zero-order valence-electron chi connectivity index (χ0n) is 11.1. The number of aromatic nitrogens is 1. The van der Waals surface area contributed by atoms with Crippen molar-refractivity contribution in [3.63, 3.8) is 0 Å². The second kappa shape index (κ2) is 3.84. The predicted octanol–water partition coefficient (Wildman–Crippen LogP) is 3.79. The quantitative estimate of drug-likeness (QED) is 0.699. The van der Waals surface area contributed by atoms with Crippen LogP contribution in [-0.4, -0.2) is 9.67 Å². The van der Waals surface area contributed by atoms with E-state index in [1.807, 2.05) is 0 Å². The Morgan fingerprint density at radius 3 is 2.84 bits per heavy atom. The molecule has 0 spiro atoms. The summed E-state index contributed by atoms with van der Waals surface area (Å²) >= 11 is 0. The van der Waals surface area contributed by atoms with E-state index in [2.05, 4.69) is 47.9 Å². The highest BCUT2D eigenvalue weighted by Gasteiger charge is 2.24. The Labute approximate surface area is 112 Å². The maximum Gasteiger partial charge on any atom is 0.0796 e. The number of hydrogen-bond donors (Lipinski definition) is 1. The summed E-state index contributed by atoms with van der Waals surface area (Å²) in [4.78, 5) is 0. The Balaban J connectivity index is 2.23. The van der Waals surface area contributed by atoms with Crippen LogP contribution >= 0.6 is 0 Å². The van der Waals surface area contributed by atoms with Crippen molar-refractivity contribution in [2.24, 2.45) is 0 Å². The van der Waals surface area contributed by atoms with Gasteiger partial charge < -0.3 is 9.67 Å². The number of fused-ring (bicyclic) bond motifs is 5. The average Bonchev–Trinajstić information content (AvgIpc) is 2.97. The molecule has 0 saturated heterocycles. The van der Waals surface area contributed by atoms with Crippen LogP contribution in [0.1, 0.15) is 30.6 Å². The topological polar surface area (TPSA) is 25.2 Å². The van der Waals surface area contributed by atoms with Crippen molar-refractivity contribution in [2.75, 3.05) is 0 Å². The van der Waals surface area contributed by atoms with Crippen molar-refractivity contribution in [1.29, 1.82) is 0 Å². The van der Waals surface area contributed by atoms with Gasteiger partial charge in [-0.2, -0.15) is 0 Å². The van der Waals surface area contributed by atoms with Crippen LogP contribution in [0.15, 0.2) is 36.4 Å². The van der Waals surface area contributed by atoms with Crippen molar-refractivity contribution in [1.82, 2.24) is 4.57 Å². The minimum absolute atomic E-state index is 0.275. The maximum atomic E-state index is 10.1. The molecular weight excluding hydrogens is 234 g/mol. The largest absolute Gasteiger partial charge is 0.388 e. The standard InChI is InChI=1S/C17H17NO/c1-2-18-14-6-4-3-5-13(14)17-12-8-10-16(19)11(12)7-9-15(17)18/h3-7,9,16,19H,2,8,10H2,1H3/t16-/m0/s1. The van der Waals surface area contributed by atoms with E-state index in [-0.39, 0.29) is 6.10 Å². The lowest BCUT2D eigenvalue weighted by Gasteiger charge is -2.06. The fourth-order valence-electron chi connectivity index (χ4n) is 3.59. The number of aliphatic hydroxyl groups excluding tert-OH is 1. The van der Waals surface area contributed by atoms with E-state index < -0.39 is 0 Å². The number of aryl methyl sites for hydroxylation is 2. The smallest absolute Gasteiger partial charge is 0.0796 e. The first-order valence-corrected chi connectivity index (χ1v) is 7.02. The molecule has 1 heterocycles. The first-order valence-electron chi connectivity index (χ1n) is 7.02. The van der Waals surface area contributed by atoms with Gasteiger partial charge in [-0.15, -0.1) is 0 Å². The highest BCUT2D eigenvalue weighted by Crippen LogP contribution is 2.40. The van der Waals surface area contributed by atoms with Crippen molar-refractivity contribution in [3.8, 4) is 0 Å². The van der Waals surface area contributed by atoms with E-state index in [4.69, 9.17) is 0 Å². The first kappa shape index (κ1) is 11.1. The molecule has 3 aromatic rings. The van der Waals surface area contributed by atoms with Crippen LogP contribution in [0.25, 0.3) is 21.8 Å². The van der Waals surface area contributed by atoms with Crippen LogP contribution in [0.3, 0.4) is 0 Å². The van der Waals surface area contributed by atoms with Gasteiger partial charge >= 0.3 is 0 Å². The molecule has 0 unspecified atom stereocenters. The van der Waals surface area contributed by atoms with Gasteiger partial charge in [-0.25, -0.2) is 0 Å². The van der Waals surface area contributed by atoms with Gasteiger partial charge in [0.1, 0.15) is 0 Å². The second-order valence-electron chi connectivity index (χ2n) is 5.34. The fraction of sp³-hybridized carbons (Fsp3) is 0.294. The molecule has 0 amide bonds. The third-order valence-corrected chi connectivity index (χ3v) is 4.43.